The third kappa shape index (κ3) is 3.33. The Balaban J connectivity index is 1.40. The largest absolute Gasteiger partial charge is 0.352 e. The molecule has 0 fully saturated rings. The number of amides is 1. The Labute approximate surface area is 167 Å². The van der Waals surface area contributed by atoms with Crippen LogP contribution in [0.1, 0.15) is 34.0 Å². The summed E-state index contributed by atoms with van der Waals surface area (Å²) in [5.41, 5.74) is 4.79. The van der Waals surface area contributed by atoms with Gasteiger partial charge in [0.05, 0.1) is 16.6 Å². The van der Waals surface area contributed by atoms with Crippen LogP contribution in [-0.4, -0.2) is 31.6 Å². The smallest absolute Gasteiger partial charge is 0.253 e. The van der Waals surface area contributed by atoms with Gasteiger partial charge in [-0.15, -0.1) is 11.3 Å². The number of carbonyl (C=O) groups is 1. The lowest BCUT2D eigenvalue weighted by atomic mass is 10.2. The Kier molecular flexibility index (Phi) is 5.00. The highest BCUT2D eigenvalue weighted by atomic mass is 32.1. The first-order chi connectivity index (χ1) is 13.6. The molecule has 144 valence electrons. The number of rotatable bonds is 6. The van der Waals surface area contributed by atoms with Crippen molar-refractivity contribution in [3.63, 3.8) is 0 Å². The predicted octanol–water partition coefficient (Wildman–Crippen LogP) is 4.03. The second kappa shape index (κ2) is 7.59. The Morgan fingerprint density at radius 3 is 2.82 bits per heavy atom. The molecule has 0 aliphatic carbocycles. The summed E-state index contributed by atoms with van der Waals surface area (Å²) in [7, 11) is 0. The zero-order chi connectivity index (χ0) is 19.7. The van der Waals surface area contributed by atoms with Crippen LogP contribution in [0.2, 0.25) is 0 Å². The number of hydrogen-bond acceptors (Lipinski definition) is 4. The van der Waals surface area contributed by atoms with Gasteiger partial charge in [0, 0.05) is 36.1 Å². The normalized spacial score (nSPS) is 11.2. The second-order valence-electron chi connectivity index (χ2n) is 6.84. The summed E-state index contributed by atoms with van der Waals surface area (Å²) in [5.74, 6) is 0.961. The highest BCUT2D eigenvalue weighted by Crippen LogP contribution is 2.22. The lowest BCUT2D eigenvalue weighted by Crippen LogP contribution is -2.25. The fourth-order valence-electron chi connectivity index (χ4n) is 3.63. The van der Waals surface area contributed by atoms with E-state index in [4.69, 9.17) is 0 Å². The maximum atomic E-state index is 12.7. The van der Waals surface area contributed by atoms with E-state index in [9.17, 15) is 4.79 Å². The van der Waals surface area contributed by atoms with Crippen LogP contribution in [0.15, 0.2) is 41.9 Å². The predicted molar refractivity (Wildman–Crippen MR) is 112 cm³/mol. The van der Waals surface area contributed by atoms with Crippen LogP contribution < -0.4 is 5.32 Å². The third-order valence-corrected chi connectivity index (χ3v) is 5.73. The maximum Gasteiger partial charge on any atom is 0.253 e. The van der Waals surface area contributed by atoms with Gasteiger partial charge in [-0.05, 0) is 45.4 Å². The summed E-state index contributed by atoms with van der Waals surface area (Å²) in [4.78, 5) is 21.6. The molecule has 0 spiro atoms. The molecule has 3 heterocycles. The van der Waals surface area contributed by atoms with Gasteiger partial charge in [0.2, 0.25) is 0 Å². The van der Waals surface area contributed by atoms with Gasteiger partial charge in [-0.25, -0.2) is 9.97 Å². The van der Waals surface area contributed by atoms with Crippen LogP contribution in [0.3, 0.4) is 0 Å². The molecule has 4 rings (SSSR count). The van der Waals surface area contributed by atoms with Crippen molar-refractivity contribution in [2.75, 3.05) is 6.54 Å². The molecule has 0 saturated carbocycles. The van der Waals surface area contributed by atoms with E-state index in [1.807, 2.05) is 55.0 Å². The van der Waals surface area contributed by atoms with Crippen LogP contribution in [-0.2, 0) is 6.54 Å². The minimum Gasteiger partial charge on any atom is -0.352 e. The number of thiazole rings is 1. The SMILES string of the molecule is Cc1cc(C(=O)NCCCn2c(C)nc3ccccc32)c(C)n1-c1nccs1. The van der Waals surface area contributed by atoms with E-state index in [2.05, 4.69) is 25.9 Å². The van der Waals surface area contributed by atoms with Crippen LogP contribution >= 0.6 is 11.3 Å². The number of benzene rings is 1. The maximum absolute atomic E-state index is 12.7. The summed E-state index contributed by atoms with van der Waals surface area (Å²) < 4.78 is 4.23. The Hall–Kier alpha value is -2.93. The van der Waals surface area contributed by atoms with Crippen molar-refractivity contribution < 1.29 is 4.79 Å². The second-order valence-corrected chi connectivity index (χ2v) is 7.72. The molecule has 0 aliphatic rings. The number of nitrogens with one attached hydrogen (secondary N) is 1. The molecule has 6 nitrogen and oxygen atoms in total. The number of hydrogen-bond donors (Lipinski definition) is 1. The molecule has 1 aromatic carbocycles. The lowest BCUT2D eigenvalue weighted by molar-refractivity contribution is 0.0952. The quantitative estimate of drug-likeness (QED) is 0.503. The lowest BCUT2D eigenvalue weighted by Gasteiger charge is -2.09. The first-order valence-electron chi connectivity index (χ1n) is 9.35. The Morgan fingerprint density at radius 2 is 2.04 bits per heavy atom. The molecule has 0 unspecified atom stereocenters. The molecule has 0 atom stereocenters. The number of fused-ring (bicyclic) bond motifs is 1. The Bertz CT molecular complexity index is 1120. The summed E-state index contributed by atoms with van der Waals surface area (Å²) in [6.45, 7) is 7.42. The van der Waals surface area contributed by atoms with E-state index in [1.54, 1.807) is 17.5 Å². The summed E-state index contributed by atoms with van der Waals surface area (Å²) in [5, 5.41) is 5.88. The number of para-hydroxylation sites is 2. The highest BCUT2D eigenvalue weighted by molar-refractivity contribution is 7.12. The monoisotopic (exact) mass is 393 g/mol. The topological polar surface area (TPSA) is 64.7 Å². The fourth-order valence-corrected chi connectivity index (χ4v) is 4.38. The van der Waals surface area contributed by atoms with E-state index in [-0.39, 0.29) is 5.91 Å². The van der Waals surface area contributed by atoms with Crippen molar-refractivity contribution in [2.45, 2.75) is 33.7 Å². The van der Waals surface area contributed by atoms with Crippen molar-refractivity contribution >= 4 is 28.3 Å². The summed E-state index contributed by atoms with van der Waals surface area (Å²) >= 11 is 1.56. The van der Waals surface area contributed by atoms with Gasteiger partial charge >= 0.3 is 0 Å². The average molecular weight is 394 g/mol. The number of imidazole rings is 1. The van der Waals surface area contributed by atoms with E-state index >= 15 is 0 Å². The first-order valence-corrected chi connectivity index (χ1v) is 10.2. The van der Waals surface area contributed by atoms with Gasteiger partial charge in [0.25, 0.3) is 5.91 Å². The van der Waals surface area contributed by atoms with E-state index in [1.165, 1.54) is 0 Å². The minimum absolute atomic E-state index is 0.0388. The standard InChI is InChI=1S/C21H23N5OS/c1-14-13-17(15(2)26(14)21-23-10-12-28-21)20(27)22-9-6-11-25-16(3)24-18-7-4-5-8-19(18)25/h4-5,7-8,10,12-13H,6,9,11H2,1-3H3,(H,22,27). The van der Waals surface area contributed by atoms with Crippen molar-refractivity contribution in [1.82, 2.24) is 24.4 Å². The van der Waals surface area contributed by atoms with Gasteiger partial charge in [-0.3, -0.25) is 9.36 Å². The zero-order valence-electron chi connectivity index (χ0n) is 16.3. The van der Waals surface area contributed by atoms with Gasteiger partial charge in [-0.1, -0.05) is 12.1 Å². The van der Waals surface area contributed by atoms with Crippen LogP contribution in [0.4, 0.5) is 0 Å². The molecular weight excluding hydrogens is 370 g/mol. The molecule has 4 aromatic rings. The number of aryl methyl sites for hydroxylation is 3. The van der Waals surface area contributed by atoms with Crippen molar-refractivity contribution in [1.29, 1.82) is 0 Å². The molecule has 3 aromatic heterocycles. The summed E-state index contributed by atoms with van der Waals surface area (Å²) in [6.07, 6.45) is 2.62. The molecule has 0 aliphatic heterocycles. The number of carbonyl (C=O) groups excluding carboxylic acids is 1. The van der Waals surface area contributed by atoms with E-state index in [0.29, 0.717) is 12.1 Å². The van der Waals surface area contributed by atoms with Crippen LogP contribution in [0.5, 0.6) is 0 Å². The Morgan fingerprint density at radius 1 is 1.21 bits per heavy atom. The van der Waals surface area contributed by atoms with Gasteiger partial charge in [0.15, 0.2) is 5.13 Å². The highest BCUT2D eigenvalue weighted by Gasteiger charge is 2.17. The molecule has 1 amide bonds. The zero-order valence-corrected chi connectivity index (χ0v) is 17.1. The molecule has 0 bridgehead atoms. The molecule has 0 saturated heterocycles. The van der Waals surface area contributed by atoms with Gasteiger partial charge < -0.3 is 9.88 Å². The molecular formula is C21H23N5OS. The van der Waals surface area contributed by atoms with Crippen molar-refractivity contribution in [3.05, 3.63) is 64.7 Å². The fraction of sp³-hybridized carbons (Fsp3) is 0.286. The number of aromatic nitrogens is 4. The first kappa shape index (κ1) is 18.4. The van der Waals surface area contributed by atoms with Gasteiger partial charge in [-0.2, -0.15) is 0 Å². The van der Waals surface area contributed by atoms with E-state index in [0.717, 1.165) is 46.3 Å². The van der Waals surface area contributed by atoms with E-state index < -0.39 is 0 Å². The van der Waals surface area contributed by atoms with Crippen LogP contribution in [0, 0.1) is 20.8 Å². The number of nitrogens with zero attached hydrogens (tertiary/aromatic N) is 4. The molecule has 28 heavy (non-hydrogen) atoms. The third-order valence-electron chi connectivity index (χ3n) is 4.98. The minimum atomic E-state index is -0.0388. The van der Waals surface area contributed by atoms with Gasteiger partial charge in [0.1, 0.15) is 5.82 Å². The molecule has 1 N–H and O–H groups in total. The molecule has 7 heteroatoms. The summed E-state index contributed by atoms with van der Waals surface area (Å²) in [6, 6.07) is 10.1. The average Bonchev–Trinajstić information content (AvgIpc) is 3.37. The van der Waals surface area contributed by atoms with Crippen molar-refractivity contribution in [2.24, 2.45) is 0 Å². The van der Waals surface area contributed by atoms with Crippen molar-refractivity contribution in [3.8, 4) is 5.13 Å². The molecule has 0 radical (unpaired) electrons. The van der Waals surface area contributed by atoms with Crippen LogP contribution in [0.25, 0.3) is 16.2 Å².